The molecule has 1 amide bonds. The summed E-state index contributed by atoms with van der Waals surface area (Å²) < 4.78 is 0. The SMILES string of the molecule is C[C@@H](O)[C@H]1C(=O)N2C(C(=O)O)=C3[C@@H](SC4CN(C=N)C4)CCC[C@H]3[C@H]12. The number of rotatable bonds is 5. The highest BCUT2D eigenvalue weighted by Crippen LogP contribution is 2.54. The molecule has 1 saturated carbocycles. The summed E-state index contributed by atoms with van der Waals surface area (Å²) in [5, 5.41) is 27.5. The van der Waals surface area contributed by atoms with Crippen molar-refractivity contribution >= 4 is 30.0 Å². The van der Waals surface area contributed by atoms with Gasteiger partial charge in [0.25, 0.3) is 0 Å². The summed E-state index contributed by atoms with van der Waals surface area (Å²) in [5.74, 6) is -1.69. The summed E-state index contributed by atoms with van der Waals surface area (Å²) in [4.78, 5) is 27.7. The Bertz CT molecular complexity index is 658. The van der Waals surface area contributed by atoms with Gasteiger partial charge in [-0.3, -0.25) is 10.2 Å². The molecule has 3 N–H and O–H groups in total. The molecule has 25 heavy (non-hydrogen) atoms. The van der Waals surface area contributed by atoms with Gasteiger partial charge in [0.2, 0.25) is 5.91 Å². The molecule has 8 heteroatoms. The third kappa shape index (κ3) is 2.41. The van der Waals surface area contributed by atoms with Gasteiger partial charge in [-0.2, -0.15) is 0 Å². The number of fused-ring (bicyclic) bond motifs is 3. The number of carboxylic acid groups (broad SMARTS) is 1. The van der Waals surface area contributed by atoms with E-state index in [0.29, 0.717) is 5.25 Å². The van der Waals surface area contributed by atoms with Crippen LogP contribution >= 0.6 is 11.8 Å². The Morgan fingerprint density at radius 3 is 2.72 bits per heavy atom. The maximum absolute atomic E-state index is 12.5. The predicted octanol–water partition coefficient (Wildman–Crippen LogP) is 0.740. The molecule has 1 aliphatic carbocycles. The molecule has 2 saturated heterocycles. The van der Waals surface area contributed by atoms with E-state index < -0.39 is 18.0 Å². The van der Waals surface area contributed by atoms with Crippen molar-refractivity contribution in [3.8, 4) is 0 Å². The molecule has 0 bridgehead atoms. The first-order valence-electron chi connectivity index (χ1n) is 8.82. The zero-order valence-corrected chi connectivity index (χ0v) is 14.9. The fourth-order valence-corrected chi connectivity index (χ4v) is 6.62. The molecule has 0 unspecified atom stereocenters. The summed E-state index contributed by atoms with van der Waals surface area (Å²) in [5.41, 5.74) is 1.09. The molecular weight excluding hydrogens is 342 g/mol. The van der Waals surface area contributed by atoms with E-state index in [-0.39, 0.29) is 28.8 Å². The maximum atomic E-state index is 12.5. The van der Waals surface area contributed by atoms with Crippen LogP contribution in [0.4, 0.5) is 0 Å². The Morgan fingerprint density at radius 1 is 1.40 bits per heavy atom. The highest BCUT2D eigenvalue weighted by Gasteiger charge is 2.62. The first-order valence-corrected chi connectivity index (χ1v) is 9.77. The van der Waals surface area contributed by atoms with E-state index in [0.717, 1.165) is 37.9 Å². The highest BCUT2D eigenvalue weighted by atomic mass is 32.2. The summed E-state index contributed by atoms with van der Waals surface area (Å²) in [7, 11) is 0. The van der Waals surface area contributed by atoms with Crippen LogP contribution in [0.2, 0.25) is 0 Å². The number of nitrogens with one attached hydrogen (secondary N) is 1. The fraction of sp³-hybridized carbons (Fsp3) is 0.706. The van der Waals surface area contributed by atoms with Crippen LogP contribution in [-0.2, 0) is 9.59 Å². The number of aliphatic hydroxyl groups excluding tert-OH is 1. The molecule has 4 aliphatic rings. The molecule has 0 aromatic heterocycles. The van der Waals surface area contributed by atoms with Gasteiger partial charge in [-0.15, -0.1) is 11.8 Å². The monoisotopic (exact) mass is 365 g/mol. The zero-order valence-electron chi connectivity index (χ0n) is 14.1. The number of aliphatic carboxylic acids is 1. The van der Waals surface area contributed by atoms with Crippen LogP contribution in [0.5, 0.6) is 0 Å². The van der Waals surface area contributed by atoms with Crippen molar-refractivity contribution in [2.45, 2.75) is 48.8 Å². The Morgan fingerprint density at radius 2 is 2.12 bits per heavy atom. The number of nitrogens with zero attached hydrogens (tertiary/aromatic N) is 2. The van der Waals surface area contributed by atoms with Crippen LogP contribution in [0.1, 0.15) is 26.2 Å². The summed E-state index contributed by atoms with van der Waals surface area (Å²) in [6.45, 7) is 3.27. The molecule has 0 spiro atoms. The first kappa shape index (κ1) is 16.9. The van der Waals surface area contributed by atoms with Crippen LogP contribution in [0.25, 0.3) is 0 Å². The number of hydrogen-bond acceptors (Lipinski definition) is 5. The molecule has 3 fully saturated rings. The molecule has 4 rings (SSSR count). The second kappa shape index (κ2) is 6.02. The van der Waals surface area contributed by atoms with Crippen LogP contribution in [0.15, 0.2) is 11.3 Å². The molecule has 3 heterocycles. The normalized spacial score (nSPS) is 35.7. The Labute approximate surface area is 150 Å². The lowest BCUT2D eigenvalue weighted by Crippen LogP contribution is -2.64. The first-order chi connectivity index (χ1) is 11.9. The van der Waals surface area contributed by atoms with Crippen molar-refractivity contribution in [1.82, 2.24) is 9.80 Å². The van der Waals surface area contributed by atoms with Crippen LogP contribution in [-0.4, -0.2) is 74.0 Å². The van der Waals surface area contributed by atoms with Gasteiger partial charge in [-0.1, -0.05) is 6.42 Å². The minimum atomic E-state index is -1.03. The lowest BCUT2D eigenvalue weighted by molar-refractivity contribution is -0.163. The number of thioether (sulfide) groups is 1. The van der Waals surface area contributed by atoms with E-state index in [9.17, 15) is 19.8 Å². The maximum Gasteiger partial charge on any atom is 0.352 e. The number of likely N-dealkylation sites (tertiary alicyclic amines) is 1. The third-order valence-electron chi connectivity index (χ3n) is 5.98. The number of carbonyl (C=O) groups excluding carboxylic acids is 1. The van der Waals surface area contributed by atoms with Crippen LogP contribution in [0.3, 0.4) is 0 Å². The fourth-order valence-electron chi connectivity index (χ4n) is 4.87. The minimum Gasteiger partial charge on any atom is -0.477 e. The Balaban J connectivity index is 1.61. The predicted molar refractivity (Wildman–Crippen MR) is 93.3 cm³/mol. The van der Waals surface area contributed by atoms with E-state index in [2.05, 4.69) is 0 Å². The van der Waals surface area contributed by atoms with Gasteiger partial charge in [0.15, 0.2) is 0 Å². The number of carboxylic acids is 1. The second-order valence-corrected chi connectivity index (χ2v) is 8.95. The van der Waals surface area contributed by atoms with Crippen molar-refractivity contribution in [3.63, 3.8) is 0 Å². The van der Waals surface area contributed by atoms with Gasteiger partial charge < -0.3 is 20.0 Å². The Kier molecular flexibility index (Phi) is 4.07. The average Bonchev–Trinajstić information content (AvgIpc) is 2.81. The largest absolute Gasteiger partial charge is 0.477 e. The van der Waals surface area contributed by atoms with E-state index in [4.69, 9.17) is 5.41 Å². The third-order valence-corrected chi connectivity index (χ3v) is 7.48. The Hall–Kier alpha value is -1.54. The minimum absolute atomic E-state index is 0.0635. The van der Waals surface area contributed by atoms with E-state index in [1.807, 2.05) is 4.90 Å². The van der Waals surface area contributed by atoms with Gasteiger partial charge >= 0.3 is 5.97 Å². The van der Waals surface area contributed by atoms with E-state index in [1.165, 1.54) is 11.2 Å². The standard InChI is InChI=1S/C17H23N3O4S/c1-8(21)12-14-10-3-2-4-11(25-9-5-19(6-9)7-18)13(10)15(17(23)24)20(14)16(12)22/h7-12,14,18,21H,2-6H2,1H3,(H,23,24)/t8-,10-,11+,12-,14-/m1/s1. The van der Waals surface area contributed by atoms with Crippen molar-refractivity contribution < 1.29 is 19.8 Å². The van der Waals surface area contributed by atoms with Gasteiger partial charge in [0.05, 0.1) is 24.4 Å². The quantitative estimate of drug-likeness (QED) is 0.377. The van der Waals surface area contributed by atoms with Gasteiger partial charge in [0, 0.05) is 29.5 Å². The zero-order chi connectivity index (χ0) is 17.9. The van der Waals surface area contributed by atoms with Crippen LogP contribution < -0.4 is 0 Å². The summed E-state index contributed by atoms with van der Waals surface area (Å²) in [6, 6.07) is -0.184. The lowest BCUT2D eigenvalue weighted by atomic mass is 9.72. The molecule has 3 aliphatic heterocycles. The van der Waals surface area contributed by atoms with E-state index in [1.54, 1.807) is 18.7 Å². The number of amides is 1. The van der Waals surface area contributed by atoms with Crippen molar-refractivity contribution in [3.05, 3.63) is 11.3 Å². The molecule has 0 aromatic carbocycles. The van der Waals surface area contributed by atoms with Crippen molar-refractivity contribution in [2.24, 2.45) is 11.8 Å². The number of β-lactam (4-membered cyclic amide) rings is 1. The molecule has 7 nitrogen and oxygen atoms in total. The smallest absolute Gasteiger partial charge is 0.352 e. The van der Waals surface area contributed by atoms with E-state index >= 15 is 0 Å². The average molecular weight is 365 g/mol. The number of hydrogen-bond donors (Lipinski definition) is 3. The van der Waals surface area contributed by atoms with Gasteiger partial charge in [0.1, 0.15) is 5.70 Å². The second-order valence-electron chi connectivity index (χ2n) is 7.44. The lowest BCUT2D eigenvalue weighted by Gasteiger charge is -2.48. The summed E-state index contributed by atoms with van der Waals surface area (Å²) in [6.07, 6.45) is 3.44. The highest BCUT2D eigenvalue weighted by molar-refractivity contribution is 8.00. The molecular formula is C17H23N3O4S. The number of carbonyl (C=O) groups is 2. The molecule has 136 valence electrons. The molecule has 5 atom stereocenters. The van der Waals surface area contributed by atoms with Crippen molar-refractivity contribution in [1.29, 1.82) is 5.41 Å². The molecule has 0 radical (unpaired) electrons. The van der Waals surface area contributed by atoms with Crippen molar-refractivity contribution in [2.75, 3.05) is 13.1 Å². The topological polar surface area (TPSA) is 105 Å². The van der Waals surface area contributed by atoms with Gasteiger partial charge in [-0.05, 0) is 25.3 Å². The molecule has 0 aromatic rings. The summed E-state index contributed by atoms with van der Waals surface area (Å²) >= 11 is 1.80. The van der Waals surface area contributed by atoms with Gasteiger partial charge in [-0.25, -0.2) is 4.79 Å². The number of aliphatic hydroxyl groups is 1. The van der Waals surface area contributed by atoms with Crippen LogP contribution in [0, 0.1) is 17.2 Å².